The molecular formula is C24H25N7. The summed E-state index contributed by atoms with van der Waals surface area (Å²) in [4.78, 5) is 14.8. The third-order valence-corrected chi connectivity index (χ3v) is 6.14. The Bertz CT molecular complexity index is 1200. The number of nitrogens with one attached hydrogen (secondary N) is 2. The van der Waals surface area contributed by atoms with E-state index in [1.165, 1.54) is 0 Å². The van der Waals surface area contributed by atoms with Gasteiger partial charge in [0.05, 0.1) is 17.5 Å². The summed E-state index contributed by atoms with van der Waals surface area (Å²) < 4.78 is 0. The van der Waals surface area contributed by atoms with Gasteiger partial charge < -0.3 is 20.9 Å². The number of benzene rings is 1. The van der Waals surface area contributed by atoms with Crippen molar-refractivity contribution in [2.45, 2.75) is 37.8 Å². The van der Waals surface area contributed by atoms with Crippen LogP contribution in [-0.2, 0) is 0 Å². The Labute approximate surface area is 181 Å². The fourth-order valence-corrected chi connectivity index (χ4v) is 4.64. The second-order valence-corrected chi connectivity index (χ2v) is 8.21. The standard InChI is InChI=1S/C24H25N7/c25-12-16-13-28-24(30-23(16)21-14-27-22-9-2-1-8-20(21)22)29-18-6-3-7-19(11-18)31-10-4-5-17(26)15-31/h1-2,4-5,8-9,13-15,18-19,27H,3,6-7,10-11,26H2,(H,28,29,30)/t18-,19+/m1/s1. The molecule has 7 nitrogen and oxygen atoms in total. The normalized spacial score (nSPS) is 21.0. The van der Waals surface area contributed by atoms with E-state index in [0.29, 0.717) is 23.2 Å². The Hall–Kier alpha value is -3.79. The minimum absolute atomic E-state index is 0.281. The van der Waals surface area contributed by atoms with Crippen LogP contribution in [0, 0.1) is 11.3 Å². The molecule has 3 heterocycles. The van der Waals surface area contributed by atoms with E-state index in [1.54, 1.807) is 6.20 Å². The van der Waals surface area contributed by atoms with Crippen LogP contribution in [0.5, 0.6) is 0 Å². The van der Waals surface area contributed by atoms with Crippen molar-refractivity contribution in [3.05, 3.63) is 66.3 Å². The minimum Gasteiger partial charge on any atom is -0.398 e. The number of fused-ring (bicyclic) bond motifs is 1. The van der Waals surface area contributed by atoms with E-state index in [-0.39, 0.29) is 6.04 Å². The van der Waals surface area contributed by atoms with Crippen molar-refractivity contribution < 1.29 is 0 Å². The number of nitrogens with two attached hydrogens (primary N) is 1. The third kappa shape index (κ3) is 3.84. The van der Waals surface area contributed by atoms with E-state index in [1.807, 2.05) is 36.5 Å². The van der Waals surface area contributed by atoms with Gasteiger partial charge in [0.2, 0.25) is 5.95 Å². The number of aromatic nitrogens is 3. The first-order valence-electron chi connectivity index (χ1n) is 10.7. The third-order valence-electron chi connectivity index (χ3n) is 6.14. The molecule has 5 rings (SSSR count). The molecule has 1 aliphatic carbocycles. The van der Waals surface area contributed by atoms with Crippen molar-refractivity contribution in [1.29, 1.82) is 5.26 Å². The summed E-state index contributed by atoms with van der Waals surface area (Å²) in [6.07, 6.45) is 14.0. The number of hydrogen-bond donors (Lipinski definition) is 3. The molecule has 0 bridgehead atoms. The van der Waals surface area contributed by atoms with Gasteiger partial charge in [-0.1, -0.05) is 24.3 Å². The summed E-state index contributed by atoms with van der Waals surface area (Å²) in [5.41, 5.74) is 9.86. The molecule has 1 aromatic carbocycles. The summed E-state index contributed by atoms with van der Waals surface area (Å²) in [5, 5.41) is 14.2. The maximum Gasteiger partial charge on any atom is 0.223 e. The second kappa shape index (κ2) is 8.15. The predicted molar refractivity (Wildman–Crippen MR) is 122 cm³/mol. The van der Waals surface area contributed by atoms with Crippen molar-refractivity contribution >= 4 is 16.9 Å². The summed E-state index contributed by atoms with van der Waals surface area (Å²) in [5.74, 6) is 0.568. The highest BCUT2D eigenvalue weighted by molar-refractivity contribution is 5.95. The summed E-state index contributed by atoms with van der Waals surface area (Å²) in [7, 11) is 0. The molecule has 0 saturated heterocycles. The van der Waals surface area contributed by atoms with Gasteiger partial charge in [-0.2, -0.15) is 5.26 Å². The lowest BCUT2D eigenvalue weighted by atomic mass is 9.90. The van der Waals surface area contributed by atoms with Gasteiger partial charge in [-0.25, -0.2) is 9.97 Å². The predicted octanol–water partition coefficient (Wildman–Crippen LogP) is 3.89. The highest BCUT2D eigenvalue weighted by Gasteiger charge is 2.26. The van der Waals surface area contributed by atoms with Gasteiger partial charge in [0.25, 0.3) is 0 Å². The Balaban J connectivity index is 1.38. The maximum atomic E-state index is 9.61. The number of hydrogen-bond acceptors (Lipinski definition) is 6. The highest BCUT2D eigenvalue weighted by Crippen LogP contribution is 2.31. The average Bonchev–Trinajstić information content (AvgIpc) is 3.23. The molecule has 0 unspecified atom stereocenters. The van der Waals surface area contributed by atoms with Crippen molar-refractivity contribution in [2.24, 2.45) is 5.73 Å². The van der Waals surface area contributed by atoms with Crippen molar-refractivity contribution in [3.8, 4) is 17.3 Å². The van der Waals surface area contributed by atoms with Gasteiger partial charge in [0, 0.05) is 53.2 Å². The zero-order chi connectivity index (χ0) is 21.2. The largest absolute Gasteiger partial charge is 0.398 e. The molecule has 2 aliphatic rings. The van der Waals surface area contributed by atoms with Crippen LogP contribution >= 0.6 is 0 Å². The van der Waals surface area contributed by atoms with Crippen LogP contribution < -0.4 is 11.1 Å². The van der Waals surface area contributed by atoms with Crippen molar-refractivity contribution in [2.75, 3.05) is 11.9 Å². The van der Waals surface area contributed by atoms with Gasteiger partial charge >= 0.3 is 0 Å². The van der Waals surface area contributed by atoms with Crippen LogP contribution in [0.4, 0.5) is 5.95 Å². The van der Waals surface area contributed by atoms with E-state index < -0.39 is 0 Å². The van der Waals surface area contributed by atoms with Gasteiger partial charge in [0.1, 0.15) is 6.07 Å². The summed E-state index contributed by atoms with van der Waals surface area (Å²) in [6.45, 7) is 0.899. The Kier molecular flexibility index (Phi) is 5.04. The molecular weight excluding hydrogens is 386 g/mol. The zero-order valence-electron chi connectivity index (χ0n) is 17.3. The van der Waals surface area contributed by atoms with E-state index in [4.69, 9.17) is 10.7 Å². The number of rotatable bonds is 4. The molecule has 1 aliphatic heterocycles. The number of para-hydroxylation sites is 1. The van der Waals surface area contributed by atoms with Gasteiger partial charge in [-0.15, -0.1) is 0 Å². The van der Waals surface area contributed by atoms with Crippen molar-refractivity contribution in [1.82, 2.24) is 19.9 Å². The molecule has 2 aromatic heterocycles. The second-order valence-electron chi connectivity index (χ2n) is 8.21. The van der Waals surface area contributed by atoms with Crippen molar-refractivity contribution in [3.63, 3.8) is 0 Å². The number of nitrogens with zero attached hydrogens (tertiary/aromatic N) is 4. The molecule has 0 amide bonds. The Morgan fingerprint density at radius 3 is 3.03 bits per heavy atom. The van der Waals surface area contributed by atoms with Crippen LogP contribution in [0.1, 0.15) is 31.2 Å². The zero-order valence-corrected chi connectivity index (χ0v) is 17.3. The summed E-state index contributed by atoms with van der Waals surface area (Å²) >= 11 is 0. The fraction of sp³-hybridized carbons (Fsp3) is 0.292. The molecule has 1 saturated carbocycles. The van der Waals surface area contributed by atoms with E-state index >= 15 is 0 Å². The molecule has 7 heteroatoms. The van der Waals surface area contributed by atoms with Crippen LogP contribution in [0.2, 0.25) is 0 Å². The first-order valence-corrected chi connectivity index (χ1v) is 10.7. The van der Waals surface area contributed by atoms with E-state index in [9.17, 15) is 5.26 Å². The maximum absolute atomic E-state index is 9.61. The lowest BCUT2D eigenvalue weighted by Crippen LogP contribution is -2.41. The molecule has 0 radical (unpaired) electrons. The number of nitriles is 1. The average molecular weight is 412 g/mol. The van der Waals surface area contributed by atoms with Gasteiger partial charge in [-0.05, 0) is 37.8 Å². The van der Waals surface area contributed by atoms with Gasteiger partial charge in [0.15, 0.2) is 0 Å². The number of aromatic amines is 1. The first kappa shape index (κ1) is 19.2. The quantitative estimate of drug-likeness (QED) is 0.601. The molecule has 156 valence electrons. The summed E-state index contributed by atoms with van der Waals surface area (Å²) in [6, 6.07) is 11.0. The molecule has 3 aromatic rings. The molecule has 31 heavy (non-hydrogen) atoms. The highest BCUT2D eigenvalue weighted by atomic mass is 15.2. The SMILES string of the molecule is N#Cc1cnc(N[C@@H]2CCC[C@H](N3C=C(N)C=CC3)C2)nc1-c1c[nH]c2ccccc12. The lowest BCUT2D eigenvalue weighted by molar-refractivity contribution is 0.222. The fourth-order valence-electron chi connectivity index (χ4n) is 4.64. The molecule has 1 fully saturated rings. The molecule has 0 spiro atoms. The van der Waals surface area contributed by atoms with Crippen LogP contribution in [0.25, 0.3) is 22.2 Å². The minimum atomic E-state index is 0.281. The van der Waals surface area contributed by atoms with Crippen LogP contribution in [-0.4, -0.2) is 38.5 Å². The molecule has 4 N–H and O–H groups in total. The van der Waals surface area contributed by atoms with E-state index in [2.05, 4.69) is 38.5 Å². The number of anilines is 1. The van der Waals surface area contributed by atoms with Crippen LogP contribution in [0.3, 0.4) is 0 Å². The smallest absolute Gasteiger partial charge is 0.223 e. The van der Waals surface area contributed by atoms with Gasteiger partial charge in [-0.3, -0.25) is 0 Å². The number of H-pyrrole nitrogens is 1. The molecule has 2 atom stereocenters. The monoisotopic (exact) mass is 411 g/mol. The Morgan fingerprint density at radius 1 is 1.26 bits per heavy atom. The lowest BCUT2D eigenvalue weighted by Gasteiger charge is -2.37. The number of allylic oxidation sites excluding steroid dienone is 1. The Morgan fingerprint density at radius 2 is 2.16 bits per heavy atom. The van der Waals surface area contributed by atoms with E-state index in [0.717, 1.165) is 54.4 Å². The topological polar surface area (TPSA) is 107 Å². The van der Waals surface area contributed by atoms with Crippen LogP contribution in [0.15, 0.2) is 60.7 Å². The first-order chi connectivity index (χ1) is 15.2.